The van der Waals surface area contributed by atoms with Crippen molar-refractivity contribution in [2.24, 2.45) is 0 Å². The first-order valence-corrected chi connectivity index (χ1v) is 7.68. The van der Waals surface area contributed by atoms with E-state index in [1.54, 1.807) is 11.8 Å². The fourth-order valence-corrected chi connectivity index (χ4v) is 3.19. The Morgan fingerprint density at radius 2 is 1.86 bits per heavy atom. The smallest absolute Gasteiger partial charge is 0.259 e. The van der Waals surface area contributed by atoms with Gasteiger partial charge in [-0.25, -0.2) is 0 Å². The van der Waals surface area contributed by atoms with Crippen molar-refractivity contribution in [2.75, 3.05) is 11.4 Å². The van der Waals surface area contributed by atoms with Gasteiger partial charge in [0.2, 0.25) is 0 Å². The molecular formula is C17H16BrNO2. The van der Waals surface area contributed by atoms with E-state index in [2.05, 4.69) is 15.9 Å². The average molecular weight is 346 g/mol. The van der Waals surface area contributed by atoms with Gasteiger partial charge in [-0.1, -0.05) is 30.3 Å². The number of carbonyl (C=O) groups is 1. The van der Waals surface area contributed by atoms with Crippen LogP contribution in [0.3, 0.4) is 0 Å². The average Bonchev–Trinajstić information content (AvgIpc) is 2.47. The number of anilines is 1. The van der Waals surface area contributed by atoms with Crippen LogP contribution in [0.4, 0.5) is 5.69 Å². The first-order chi connectivity index (χ1) is 10.0. The van der Waals surface area contributed by atoms with Crippen molar-refractivity contribution in [2.45, 2.75) is 18.9 Å². The number of hydrogen-bond acceptors (Lipinski definition) is 2. The summed E-state index contributed by atoms with van der Waals surface area (Å²) in [5, 5.41) is 10.5. The maximum Gasteiger partial charge on any atom is 0.259 e. The molecule has 1 aliphatic rings. The molecule has 2 aromatic rings. The van der Waals surface area contributed by atoms with E-state index in [0.29, 0.717) is 18.5 Å². The Hall–Kier alpha value is -1.65. The van der Waals surface area contributed by atoms with Crippen LogP contribution in [0, 0.1) is 0 Å². The van der Waals surface area contributed by atoms with Crippen LogP contribution in [0.25, 0.3) is 0 Å². The van der Waals surface area contributed by atoms with Crippen molar-refractivity contribution in [3.8, 4) is 0 Å². The van der Waals surface area contributed by atoms with E-state index in [1.807, 2.05) is 48.5 Å². The molecule has 3 nitrogen and oxygen atoms in total. The van der Waals surface area contributed by atoms with E-state index in [1.165, 1.54) is 0 Å². The fourth-order valence-electron chi connectivity index (χ4n) is 2.74. The summed E-state index contributed by atoms with van der Waals surface area (Å²) >= 11 is 3.43. The predicted octanol–water partition coefficient (Wildman–Crippen LogP) is 3.71. The van der Waals surface area contributed by atoms with Crippen LogP contribution >= 0.6 is 15.9 Å². The molecule has 0 aliphatic carbocycles. The summed E-state index contributed by atoms with van der Waals surface area (Å²) in [7, 11) is 0. The van der Waals surface area contributed by atoms with E-state index in [0.717, 1.165) is 15.7 Å². The maximum atomic E-state index is 12.8. The number of aliphatic hydroxyl groups is 1. The van der Waals surface area contributed by atoms with Gasteiger partial charge in [0.25, 0.3) is 5.91 Å². The van der Waals surface area contributed by atoms with Crippen LogP contribution in [0.1, 0.15) is 29.3 Å². The first-order valence-electron chi connectivity index (χ1n) is 6.89. The largest absolute Gasteiger partial charge is 0.385 e. The molecule has 2 aromatic carbocycles. The molecule has 1 N–H and O–H groups in total. The number of rotatable bonds is 1. The van der Waals surface area contributed by atoms with E-state index >= 15 is 0 Å². The summed E-state index contributed by atoms with van der Waals surface area (Å²) in [6, 6.07) is 15.0. The molecule has 21 heavy (non-hydrogen) atoms. The molecule has 1 atom stereocenters. The van der Waals surface area contributed by atoms with Crippen molar-refractivity contribution >= 4 is 27.5 Å². The molecule has 108 valence electrons. The Kier molecular flexibility index (Phi) is 3.59. The molecule has 1 amide bonds. The Labute approximate surface area is 132 Å². The quantitative estimate of drug-likeness (QED) is 0.855. The number of halogens is 1. The van der Waals surface area contributed by atoms with Gasteiger partial charge in [-0.05, 0) is 47.5 Å². The second-order valence-corrected chi connectivity index (χ2v) is 6.33. The molecule has 0 spiro atoms. The summed E-state index contributed by atoms with van der Waals surface area (Å²) in [4.78, 5) is 14.6. The first kappa shape index (κ1) is 14.3. The Bertz CT molecular complexity index is 697. The van der Waals surface area contributed by atoms with Gasteiger partial charge in [0.1, 0.15) is 0 Å². The normalized spacial score (nSPS) is 21.0. The van der Waals surface area contributed by atoms with E-state index < -0.39 is 5.60 Å². The maximum absolute atomic E-state index is 12.8. The fraction of sp³-hybridized carbons (Fsp3) is 0.235. The predicted molar refractivity (Wildman–Crippen MR) is 86.4 cm³/mol. The van der Waals surface area contributed by atoms with Crippen LogP contribution < -0.4 is 4.90 Å². The SMILES string of the molecule is CC1(O)CCN(C(=O)c2ccccc2Br)c2ccccc21. The van der Waals surface area contributed by atoms with Gasteiger partial charge in [0.05, 0.1) is 16.9 Å². The lowest BCUT2D eigenvalue weighted by atomic mass is 9.87. The third kappa shape index (κ3) is 2.49. The van der Waals surface area contributed by atoms with Gasteiger partial charge in [-0.3, -0.25) is 4.79 Å². The Morgan fingerprint density at radius 3 is 2.62 bits per heavy atom. The van der Waals surface area contributed by atoms with Crippen LogP contribution in [0.2, 0.25) is 0 Å². The molecule has 0 saturated heterocycles. The van der Waals surface area contributed by atoms with Crippen molar-refractivity contribution in [1.82, 2.24) is 0 Å². The van der Waals surface area contributed by atoms with Crippen molar-refractivity contribution < 1.29 is 9.90 Å². The Balaban J connectivity index is 2.05. The molecule has 3 rings (SSSR count). The lowest BCUT2D eigenvalue weighted by molar-refractivity contribution is 0.0450. The number of amides is 1. The molecule has 0 fully saturated rings. The highest BCUT2D eigenvalue weighted by atomic mass is 79.9. The zero-order valence-corrected chi connectivity index (χ0v) is 13.3. The summed E-state index contributed by atoms with van der Waals surface area (Å²) in [6.45, 7) is 2.30. The van der Waals surface area contributed by atoms with E-state index in [-0.39, 0.29) is 5.91 Å². The molecule has 1 unspecified atom stereocenters. The summed E-state index contributed by atoms with van der Waals surface area (Å²) < 4.78 is 0.782. The van der Waals surface area contributed by atoms with Gasteiger partial charge >= 0.3 is 0 Å². The lowest BCUT2D eigenvalue weighted by Crippen LogP contribution is -2.42. The molecule has 0 aromatic heterocycles. The number of nitrogens with zero attached hydrogens (tertiary/aromatic N) is 1. The number of carbonyl (C=O) groups excluding carboxylic acids is 1. The van der Waals surface area contributed by atoms with Crippen molar-refractivity contribution in [3.63, 3.8) is 0 Å². The van der Waals surface area contributed by atoms with Crippen LogP contribution in [-0.4, -0.2) is 17.6 Å². The molecule has 0 bridgehead atoms. The second-order valence-electron chi connectivity index (χ2n) is 5.48. The highest BCUT2D eigenvalue weighted by Crippen LogP contribution is 2.38. The number of fused-ring (bicyclic) bond motifs is 1. The molecular weight excluding hydrogens is 330 g/mol. The van der Waals surface area contributed by atoms with Crippen molar-refractivity contribution in [3.05, 3.63) is 64.1 Å². The van der Waals surface area contributed by atoms with Gasteiger partial charge in [0.15, 0.2) is 0 Å². The third-order valence-electron chi connectivity index (χ3n) is 3.95. The number of hydrogen-bond donors (Lipinski definition) is 1. The molecule has 0 saturated carbocycles. The standard InChI is InChI=1S/C17H16BrNO2/c1-17(21)10-11-19(15-9-5-3-7-13(15)17)16(20)12-6-2-4-8-14(12)18/h2-9,21H,10-11H2,1H3. The van der Waals surface area contributed by atoms with Crippen molar-refractivity contribution in [1.29, 1.82) is 0 Å². The van der Waals surface area contributed by atoms with E-state index in [4.69, 9.17) is 0 Å². The molecule has 0 radical (unpaired) electrons. The zero-order valence-electron chi connectivity index (χ0n) is 11.7. The Morgan fingerprint density at radius 1 is 1.19 bits per heavy atom. The summed E-state index contributed by atoms with van der Waals surface area (Å²) in [5.74, 6) is -0.0505. The number of benzene rings is 2. The highest BCUT2D eigenvalue weighted by Gasteiger charge is 2.35. The topological polar surface area (TPSA) is 40.5 Å². The number of para-hydroxylation sites is 1. The second kappa shape index (κ2) is 5.28. The monoisotopic (exact) mass is 345 g/mol. The minimum absolute atomic E-state index is 0.0505. The summed E-state index contributed by atoms with van der Waals surface area (Å²) in [6.07, 6.45) is 0.528. The van der Waals surface area contributed by atoms with Gasteiger partial charge in [-0.15, -0.1) is 0 Å². The molecule has 4 heteroatoms. The third-order valence-corrected chi connectivity index (χ3v) is 4.64. The summed E-state index contributed by atoms with van der Waals surface area (Å²) in [5.41, 5.74) is 1.33. The van der Waals surface area contributed by atoms with Crippen LogP contribution in [0.5, 0.6) is 0 Å². The lowest BCUT2D eigenvalue weighted by Gasteiger charge is -2.38. The minimum atomic E-state index is -0.888. The van der Waals surface area contributed by atoms with Gasteiger partial charge in [0, 0.05) is 16.6 Å². The zero-order chi connectivity index (χ0) is 15.0. The minimum Gasteiger partial charge on any atom is -0.385 e. The van der Waals surface area contributed by atoms with Gasteiger partial charge < -0.3 is 10.0 Å². The van der Waals surface area contributed by atoms with Crippen LogP contribution in [-0.2, 0) is 5.60 Å². The van der Waals surface area contributed by atoms with E-state index in [9.17, 15) is 9.90 Å². The van der Waals surface area contributed by atoms with Gasteiger partial charge in [-0.2, -0.15) is 0 Å². The highest BCUT2D eigenvalue weighted by molar-refractivity contribution is 9.10. The molecule has 1 heterocycles. The molecule has 1 aliphatic heterocycles. The van der Waals surface area contributed by atoms with Crippen LogP contribution in [0.15, 0.2) is 53.0 Å².